The monoisotopic (exact) mass is 334 g/mol. The van der Waals surface area contributed by atoms with Gasteiger partial charge in [-0.25, -0.2) is 4.68 Å². The molecule has 0 aliphatic heterocycles. The highest BCUT2D eigenvalue weighted by Gasteiger charge is 2.18. The SMILES string of the molecule is C[C@@H](C(=O)Nc1cc(-c2ccccc2)nn1-c1ccccc1)N(C)C. The maximum absolute atomic E-state index is 12.5. The minimum absolute atomic E-state index is 0.0679. The predicted molar refractivity (Wildman–Crippen MR) is 101 cm³/mol. The van der Waals surface area contributed by atoms with Crippen LogP contribution in [0.25, 0.3) is 16.9 Å². The average molecular weight is 334 g/mol. The fraction of sp³-hybridized carbons (Fsp3) is 0.200. The summed E-state index contributed by atoms with van der Waals surface area (Å²) in [4.78, 5) is 14.4. The van der Waals surface area contributed by atoms with Crippen LogP contribution in [0.2, 0.25) is 0 Å². The number of aromatic nitrogens is 2. The van der Waals surface area contributed by atoms with E-state index < -0.39 is 0 Å². The van der Waals surface area contributed by atoms with Gasteiger partial charge in [-0.3, -0.25) is 9.69 Å². The number of hydrogen-bond donors (Lipinski definition) is 1. The number of rotatable bonds is 5. The lowest BCUT2D eigenvalue weighted by Crippen LogP contribution is -2.37. The Kier molecular flexibility index (Phi) is 4.95. The molecule has 1 atom stereocenters. The zero-order chi connectivity index (χ0) is 17.8. The molecule has 5 heteroatoms. The lowest BCUT2D eigenvalue weighted by atomic mass is 10.1. The number of anilines is 1. The van der Waals surface area contributed by atoms with Gasteiger partial charge in [0.1, 0.15) is 5.82 Å². The molecule has 0 radical (unpaired) electrons. The largest absolute Gasteiger partial charge is 0.309 e. The molecule has 25 heavy (non-hydrogen) atoms. The van der Waals surface area contributed by atoms with E-state index >= 15 is 0 Å². The highest BCUT2D eigenvalue weighted by Crippen LogP contribution is 2.24. The zero-order valence-electron chi connectivity index (χ0n) is 14.7. The first-order valence-corrected chi connectivity index (χ1v) is 8.24. The first-order valence-electron chi connectivity index (χ1n) is 8.24. The van der Waals surface area contributed by atoms with E-state index in [1.807, 2.05) is 92.6 Å². The van der Waals surface area contributed by atoms with Crippen molar-refractivity contribution in [2.24, 2.45) is 0 Å². The molecule has 2 aromatic carbocycles. The van der Waals surface area contributed by atoms with Crippen LogP contribution in [0.5, 0.6) is 0 Å². The van der Waals surface area contributed by atoms with Crippen LogP contribution < -0.4 is 5.32 Å². The van der Waals surface area contributed by atoms with Crippen molar-refractivity contribution in [1.29, 1.82) is 0 Å². The molecule has 1 aromatic heterocycles. The van der Waals surface area contributed by atoms with Crippen molar-refractivity contribution in [1.82, 2.24) is 14.7 Å². The standard InChI is InChI=1S/C20H22N4O/c1-15(23(2)3)20(25)21-19-14-18(16-10-6-4-7-11-16)22-24(19)17-12-8-5-9-13-17/h4-15H,1-3H3,(H,21,25)/t15-/m0/s1. The van der Waals surface area contributed by atoms with Crippen LogP contribution in [-0.4, -0.2) is 40.7 Å². The van der Waals surface area contributed by atoms with Crippen LogP contribution >= 0.6 is 0 Å². The maximum Gasteiger partial charge on any atom is 0.242 e. The molecule has 0 bridgehead atoms. The summed E-state index contributed by atoms with van der Waals surface area (Å²) in [6.45, 7) is 1.87. The number of carbonyl (C=O) groups excluding carboxylic acids is 1. The van der Waals surface area contributed by atoms with Gasteiger partial charge < -0.3 is 5.32 Å². The van der Waals surface area contributed by atoms with E-state index in [9.17, 15) is 4.79 Å². The van der Waals surface area contributed by atoms with E-state index in [0.29, 0.717) is 5.82 Å². The molecule has 1 N–H and O–H groups in total. The number of nitrogens with zero attached hydrogens (tertiary/aromatic N) is 3. The third kappa shape index (κ3) is 3.78. The summed E-state index contributed by atoms with van der Waals surface area (Å²) in [6.07, 6.45) is 0. The summed E-state index contributed by atoms with van der Waals surface area (Å²) in [5.74, 6) is 0.588. The van der Waals surface area contributed by atoms with E-state index in [-0.39, 0.29) is 11.9 Å². The van der Waals surface area contributed by atoms with Crippen molar-refractivity contribution >= 4 is 11.7 Å². The van der Waals surface area contributed by atoms with Gasteiger partial charge in [-0.1, -0.05) is 48.5 Å². The fourth-order valence-corrected chi connectivity index (χ4v) is 2.45. The van der Waals surface area contributed by atoms with Crippen LogP contribution in [-0.2, 0) is 4.79 Å². The molecule has 0 fully saturated rings. The Labute approximate surface area is 147 Å². The van der Waals surface area contributed by atoms with E-state index in [2.05, 4.69) is 5.32 Å². The van der Waals surface area contributed by atoms with Gasteiger partial charge in [-0.15, -0.1) is 0 Å². The number of nitrogens with one attached hydrogen (secondary N) is 1. The Balaban J connectivity index is 2.00. The van der Waals surface area contributed by atoms with Gasteiger partial charge in [-0.2, -0.15) is 5.10 Å². The first kappa shape index (κ1) is 16.9. The van der Waals surface area contributed by atoms with Crippen molar-refractivity contribution in [2.45, 2.75) is 13.0 Å². The number of amides is 1. The Hall–Kier alpha value is -2.92. The van der Waals surface area contributed by atoms with Crippen molar-refractivity contribution in [3.8, 4) is 16.9 Å². The fourth-order valence-electron chi connectivity index (χ4n) is 2.45. The Morgan fingerprint density at radius 1 is 1.04 bits per heavy atom. The zero-order valence-corrected chi connectivity index (χ0v) is 14.7. The molecule has 0 unspecified atom stereocenters. The van der Waals surface area contributed by atoms with Gasteiger partial charge in [0.2, 0.25) is 5.91 Å². The summed E-state index contributed by atoms with van der Waals surface area (Å²) >= 11 is 0. The van der Waals surface area contributed by atoms with Crippen LogP contribution in [0.1, 0.15) is 6.92 Å². The third-order valence-corrected chi connectivity index (χ3v) is 4.18. The molecule has 3 aromatic rings. The maximum atomic E-state index is 12.5. The molecule has 1 amide bonds. The average Bonchev–Trinajstić information content (AvgIpc) is 3.06. The van der Waals surface area contributed by atoms with Crippen molar-refractivity contribution in [3.63, 3.8) is 0 Å². The molecule has 0 aliphatic rings. The molecular weight excluding hydrogens is 312 g/mol. The number of benzene rings is 2. The van der Waals surface area contributed by atoms with Gasteiger partial charge in [0.25, 0.3) is 0 Å². The normalized spacial score (nSPS) is 12.2. The summed E-state index contributed by atoms with van der Waals surface area (Å²) in [5.41, 5.74) is 2.73. The minimum atomic E-state index is -0.237. The lowest BCUT2D eigenvalue weighted by molar-refractivity contribution is -0.119. The summed E-state index contributed by atoms with van der Waals surface area (Å²) in [6, 6.07) is 21.4. The molecule has 1 heterocycles. The predicted octanol–water partition coefficient (Wildman–Crippen LogP) is 3.43. The second kappa shape index (κ2) is 7.32. The topological polar surface area (TPSA) is 50.2 Å². The third-order valence-electron chi connectivity index (χ3n) is 4.18. The van der Waals surface area contributed by atoms with Crippen molar-refractivity contribution < 1.29 is 4.79 Å². The highest BCUT2D eigenvalue weighted by molar-refractivity contribution is 5.94. The Morgan fingerprint density at radius 2 is 1.64 bits per heavy atom. The van der Waals surface area contributed by atoms with Gasteiger partial charge in [0, 0.05) is 11.6 Å². The van der Waals surface area contributed by atoms with Crippen LogP contribution in [0.3, 0.4) is 0 Å². The quantitative estimate of drug-likeness (QED) is 0.778. The number of hydrogen-bond acceptors (Lipinski definition) is 3. The second-order valence-electron chi connectivity index (χ2n) is 6.16. The molecule has 5 nitrogen and oxygen atoms in total. The van der Waals surface area contributed by atoms with E-state index in [1.165, 1.54) is 0 Å². The summed E-state index contributed by atoms with van der Waals surface area (Å²) < 4.78 is 1.77. The molecule has 0 saturated heterocycles. The van der Waals surface area contributed by atoms with E-state index in [1.54, 1.807) is 4.68 Å². The number of carbonyl (C=O) groups is 1. The van der Waals surface area contributed by atoms with Crippen molar-refractivity contribution in [3.05, 3.63) is 66.7 Å². The van der Waals surface area contributed by atoms with Crippen molar-refractivity contribution in [2.75, 3.05) is 19.4 Å². The minimum Gasteiger partial charge on any atom is -0.309 e. The molecule has 0 spiro atoms. The van der Waals surface area contributed by atoms with Crippen LogP contribution in [0, 0.1) is 0 Å². The van der Waals surface area contributed by atoms with Gasteiger partial charge >= 0.3 is 0 Å². The van der Waals surface area contributed by atoms with Gasteiger partial charge in [-0.05, 0) is 33.2 Å². The van der Waals surface area contributed by atoms with Crippen LogP contribution in [0.15, 0.2) is 66.7 Å². The molecule has 128 valence electrons. The van der Waals surface area contributed by atoms with Gasteiger partial charge in [0.15, 0.2) is 0 Å². The first-order chi connectivity index (χ1) is 12.1. The number of para-hydroxylation sites is 1. The summed E-state index contributed by atoms with van der Waals surface area (Å²) in [5, 5.41) is 7.70. The molecule has 0 saturated carbocycles. The van der Waals surface area contributed by atoms with Crippen LogP contribution in [0.4, 0.5) is 5.82 Å². The van der Waals surface area contributed by atoms with E-state index in [4.69, 9.17) is 5.10 Å². The lowest BCUT2D eigenvalue weighted by Gasteiger charge is -2.19. The Bertz CT molecular complexity index is 841. The Morgan fingerprint density at radius 3 is 2.24 bits per heavy atom. The van der Waals surface area contributed by atoms with Gasteiger partial charge in [0.05, 0.1) is 17.4 Å². The molecule has 3 rings (SSSR count). The smallest absolute Gasteiger partial charge is 0.242 e. The number of likely N-dealkylation sites (N-methyl/N-ethyl adjacent to an activating group) is 1. The molecule has 0 aliphatic carbocycles. The molecular formula is C20H22N4O. The highest BCUT2D eigenvalue weighted by atomic mass is 16.2. The summed E-state index contributed by atoms with van der Waals surface area (Å²) in [7, 11) is 3.77. The van der Waals surface area contributed by atoms with E-state index in [0.717, 1.165) is 16.9 Å². The second-order valence-corrected chi connectivity index (χ2v) is 6.16.